The molecular weight excluding hydrogens is 214 g/mol. The van der Waals surface area contributed by atoms with Crippen LogP contribution in [0, 0.1) is 5.92 Å². The summed E-state index contributed by atoms with van der Waals surface area (Å²) < 4.78 is 5.13. The van der Waals surface area contributed by atoms with Gasteiger partial charge >= 0.3 is 5.97 Å². The average molecular weight is 239 g/mol. The van der Waals surface area contributed by atoms with Gasteiger partial charge in [0.25, 0.3) is 0 Å². The van der Waals surface area contributed by atoms with Crippen molar-refractivity contribution in [2.75, 3.05) is 19.7 Å². The Balaban J connectivity index is 1.96. The third-order valence-corrected chi connectivity index (χ3v) is 4.13. The first kappa shape index (κ1) is 12.9. The maximum absolute atomic E-state index is 11.8. The molecule has 0 spiro atoms. The second-order valence-electron chi connectivity index (χ2n) is 5.82. The molecule has 98 valence electrons. The van der Waals surface area contributed by atoms with Crippen LogP contribution in [0.25, 0.3) is 0 Å². The lowest BCUT2D eigenvalue weighted by molar-refractivity contribution is -0.146. The van der Waals surface area contributed by atoms with Gasteiger partial charge in [-0.15, -0.1) is 0 Å². The zero-order valence-corrected chi connectivity index (χ0v) is 11.2. The molecule has 0 aromatic carbocycles. The van der Waals surface area contributed by atoms with Crippen LogP contribution in [0.2, 0.25) is 0 Å². The predicted octanol–water partition coefficient (Wildman–Crippen LogP) is 2.59. The second-order valence-corrected chi connectivity index (χ2v) is 5.82. The van der Waals surface area contributed by atoms with Crippen LogP contribution in [-0.2, 0) is 9.53 Å². The number of esters is 1. The van der Waals surface area contributed by atoms with Crippen molar-refractivity contribution in [2.45, 2.75) is 57.9 Å². The van der Waals surface area contributed by atoms with Gasteiger partial charge in [0.05, 0.1) is 13.0 Å². The van der Waals surface area contributed by atoms with Crippen LogP contribution >= 0.6 is 0 Å². The summed E-state index contributed by atoms with van der Waals surface area (Å²) in [6.07, 6.45) is 7.01. The van der Waals surface area contributed by atoms with Gasteiger partial charge < -0.3 is 4.74 Å². The van der Waals surface area contributed by atoms with E-state index in [0.29, 0.717) is 13.0 Å². The molecule has 0 N–H and O–H groups in total. The van der Waals surface area contributed by atoms with E-state index in [-0.39, 0.29) is 11.5 Å². The third kappa shape index (κ3) is 3.44. The summed E-state index contributed by atoms with van der Waals surface area (Å²) in [5, 5.41) is 0. The molecule has 0 bridgehead atoms. The lowest BCUT2D eigenvalue weighted by atomic mass is 9.89. The minimum absolute atomic E-state index is 0.0254. The van der Waals surface area contributed by atoms with Crippen molar-refractivity contribution in [1.82, 2.24) is 4.90 Å². The van der Waals surface area contributed by atoms with E-state index in [0.717, 1.165) is 19.0 Å². The van der Waals surface area contributed by atoms with Crippen molar-refractivity contribution in [3.63, 3.8) is 0 Å². The Kier molecular flexibility index (Phi) is 4.08. The van der Waals surface area contributed by atoms with Gasteiger partial charge in [-0.05, 0) is 52.1 Å². The van der Waals surface area contributed by atoms with Gasteiger partial charge in [0.1, 0.15) is 0 Å². The summed E-state index contributed by atoms with van der Waals surface area (Å²) in [7, 11) is 0. The molecule has 0 radical (unpaired) electrons. The van der Waals surface area contributed by atoms with Gasteiger partial charge in [-0.25, -0.2) is 0 Å². The molecule has 0 aromatic rings. The Morgan fingerprint density at radius 3 is 2.53 bits per heavy atom. The highest BCUT2D eigenvalue weighted by Gasteiger charge is 2.40. The molecule has 1 saturated carbocycles. The van der Waals surface area contributed by atoms with E-state index in [1.54, 1.807) is 0 Å². The van der Waals surface area contributed by atoms with Crippen molar-refractivity contribution >= 4 is 5.97 Å². The highest BCUT2D eigenvalue weighted by atomic mass is 16.5. The van der Waals surface area contributed by atoms with Gasteiger partial charge in [-0.2, -0.15) is 0 Å². The molecule has 2 fully saturated rings. The van der Waals surface area contributed by atoms with Gasteiger partial charge in [0.15, 0.2) is 0 Å². The van der Waals surface area contributed by atoms with Crippen molar-refractivity contribution in [3.05, 3.63) is 0 Å². The summed E-state index contributed by atoms with van der Waals surface area (Å²) in [6, 6.07) is 0. The minimum Gasteiger partial charge on any atom is -0.466 e. The van der Waals surface area contributed by atoms with E-state index in [1.165, 1.54) is 32.1 Å². The Bertz CT molecular complexity index is 269. The van der Waals surface area contributed by atoms with E-state index >= 15 is 0 Å². The molecule has 0 aromatic heterocycles. The molecule has 0 amide bonds. The molecule has 1 aliphatic heterocycles. The molecule has 3 heteroatoms. The van der Waals surface area contributed by atoms with Gasteiger partial charge in [-0.3, -0.25) is 9.69 Å². The summed E-state index contributed by atoms with van der Waals surface area (Å²) in [5.41, 5.74) is 0.0456. The summed E-state index contributed by atoms with van der Waals surface area (Å²) in [4.78, 5) is 14.3. The lowest BCUT2D eigenvalue weighted by Gasteiger charge is -2.38. The zero-order valence-electron chi connectivity index (χ0n) is 11.2. The fourth-order valence-corrected chi connectivity index (χ4v) is 3.04. The van der Waals surface area contributed by atoms with Crippen LogP contribution in [-0.4, -0.2) is 36.1 Å². The van der Waals surface area contributed by atoms with Gasteiger partial charge in [0.2, 0.25) is 0 Å². The number of carbonyl (C=O) groups is 1. The van der Waals surface area contributed by atoms with Crippen LogP contribution < -0.4 is 0 Å². The van der Waals surface area contributed by atoms with Gasteiger partial charge in [-0.1, -0.05) is 12.8 Å². The molecule has 1 saturated heterocycles. The van der Waals surface area contributed by atoms with E-state index in [4.69, 9.17) is 4.74 Å². The number of rotatable bonds is 6. The van der Waals surface area contributed by atoms with Gasteiger partial charge in [0, 0.05) is 5.54 Å². The number of carbonyl (C=O) groups excluding carboxylic acids is 1. The monoisotopic (exact) mass is 239 g/mol. The van der Waals surface area contributed by atoms with Crippen LogP contribution in [0.5, 0.6) is 0 Å². The average Bonchev–Trinajstić information content (AvgIpc) is 2.90. The first-order valence-electron chi connectivity index (χ1n) is 7.05. The van der Waals surface area contributed by atoms with Crippen molar-refractivity contribution < 1.29 is 9.53 Å². The standard InChI is InChI=1S/C14H25NO2/c1-3-17-13(16)11-14(2,10-12-6-7-12)15-8-4-5-9-15/h12H,3-11H2,1-2H3. The van der Waals surface area contributed by atoms with Crippen molar-refractivity contribution in [2.24, 2.45) is 5.92 Å². The van der Waals surface area contributed by atoms with Crippen molar-refractivity contribution in [3.8, 4) is 0 Å². The molecule has 1 aliphatic carbocycles. The largest absolute Gasteiger partial charge is 0.466 e. The normalized spacial score (nSPS) is 24.6. The molecule has 17 heavy (non-hydrogen) atoms. The van der Waals surface area contributed by atoms with E-state index in [1.807, 2.05) is 6.92 Å². The first-order valence-corrected chi connectivity index (χ1v) is 7.05. The number of nitrogens with zero attached hydrogens (tertiary/aromatic N) is 1. The number of likely N-dealkylation sites (tertiary alicyclic amines) is 1. The zero-order chi connectivity index (χ0) is 12.3. The molecule has 2 rings (SSSR count). The molecule has 1 atom stereocenters. The lowest BCUT2D eigenvalue weighted by Crippen LogP contribution is -2.47. The maximum atomic E-state index is 11.8. The summed E-state index contributed by atoms with van der Waals surface area (Å²) >= 11 is 0. The van der Waals surface area contributed by atoms with Crippen LogP contribution in [0.4, 0.5) is 0 Å². The summed E-state index contributed by atoms with van der Waals surface area (Å²) in [6.45, 7) is 6.95. The fraction of sp³-hybridized carbons (Fsp3) is 0.929. The first-order chi connectivity index (χ1) is 8.14. The topological polar surface area (TPSA) is 29.5 Å². The van der Waals surface area contributed by atoms with E-state index < -0.39 is 0 Å². The quantitative estimate of drug-likeness (QED) is 0.667. The van der Waals surface area contributed by atoms with Crippen molar-refractivity contribution in [1.29, 1.82) is 0 Å². The SMILES string of the molecule is CCOC(=O)CC(C)(CC1CC1)N1CCCC1. The third-order valence-electron chi connectivity index (χ3n) is 4.13. The van der Waals surface area contributed by atoms with E-state index in [2.05, 4.69) is 11.8 Å². The number of hydrogen-bond acceptors (Lipinski definition) is 3. The predicted molar refractivity (Wildman–Crippen MR) is 67.8 cm³/mol. The highest BCUT2D eigenvalue weighted by Crippen LogP contribution is 2.41. The number of hydrogen-bond donors (Lipinski definition) is 0. The minimum atomic E-state index is -0.0254. The highest BCUT2D eigenvalue weighted by molar-refractivity contribution is 5.70. The van der Waals surface area contributed by atoms with Crippen LogP contribution in [0.1, 0.15) is 52.4 Å². The molecule has 2 aliphatic rings. The number of ether oxygens (including phenoxy) is 1. The molecule has 1 unspecified atom stereocenters. The smallest absolute Gasteiger partial charge is 0.307 e. The summed E-state index contributed by atoms with van der Waals surface area (Å²) in [5.74, 6) is 0.831. The van der Waals surface area contributed by atoms with Crippen LogP contribution in [0.15, 0.2) is 0 Å². The second kappa shape index (κ2) is 5.38. The Hall–Kier alpha value is -0.570. The van der Waals surface area contributed by atoms with Crippen LogP contribution in [0.3, 0.4) is 0 Å². The molecular formula is C14H25NO2. The maximum Gasteiger partial charge on any atom is 0.307 e. The molecule has 3 nitrogen and oxygen atoms in total. The van der Waals surface area contributed by atoms with E-state index in [9.17, 15) is 4.79 Å². The Morgan fingerprint density at radius 2 is 2.00 bits per heavy atom. The molecule has 1 heterocycles. The Morgan fingerprint density at radius 1 is 1.35 bits per heavy atom. The Labute approximate surface area is 105 Å². The fourth-order valence-electron chi connectivity index (χ4n) is 3.04.